The largest absolute Gasteiger partial charge is 0.480 e. The minimum atomic E-state index is -1.10. The van der Waals surface area contributed by atoms with E-state index in [-0.39, 0.29) is 0 Å². The molecule has 1 aliphatic heterocycles. The van der Waals surface area contributed by atoms with Crippen LogP contribution in [0.1, 0.15) is 33.6 Å². The summed E-state index contributed by atoms with van der Waals surface area (Å²) in [5.41, 5.74) is 4.60. The highest BCUT2D eigenvalue weighted by Gasteiger charge is 2.37. The fourth-order valence-corrected chi connectivity index (χ4v) is 2.16. The topological polar surface area (TPSA) is 113 Å². The van der Waals surface area contributed by atoms with E-state index in [0.29, 0.717) is 19.4 Å². The number of hydrogen-bond acceptors (Lipinski definition) is 3. The third kappa shape index (κ3) is 3.59. The molecule has 0 saturated carbocycles. The van der Waals surface area contributed by atoms with Crippen LogP contribution < -0.4 is 11.1 Å². The van der Waals surface area contributed by atoms with Gasteiger partial charge in [0.1, 0.15) is 12.1 Å². The lowest BCUT2D eigenvalue weighted by molar-refractivity contribution is -0.142. The smallest absolute Gasteiger partial charge is 0.326 e. The zero-order valence-electron chi connectivity index (χ0n) is 11.5. The Morgan fingerprint density at radius 1 is 1.37 bits per heavy atom. The number of carboxylic acids is 1. The van der Waals surface area contributed by atoms with Crippen molar-refractivity contribution in [2.24, 2.45) is 11.1 Å². The minimum absolute atomic E-state index is 0.413. The van der Waals surface area contributed by atoms with Gasteiger partial charge in [0.25, 0.3) is 0 Å². The first kappa shape index (κ1) is 15.3. The van der Waals surface area contributed by atoms with Gasteiger partial charge in [-0.3, -0.25) is 4.79 Å². The molecule has 1 saturated heterocycles. The Hall–Kier alpha value is -1.79. The number of rotatable bonds is 3. The van der Waals surface area contributed by atoms with Crippen molar-refractivity contribution in [3.8, 4) is 0 Å². The quantitative estimate of drug-likeness (QED) is 0.677. The molecule has 1 unspecified atom stereocenters. The number of amides is 3. The molecule has 1 heterocycles. The first-order chi connectivity index (χ1) is 8.64. The van der Waals surface area contributed by atoms with Gasteiger partial charge in [0.05, 0.1) is 0 Å². The summed E-state index contributed by atoms with van der Waals surface area (Å²) in [6.45, 7) is 5.58. The summed E-state index contributed by atoms with van der Waals surface area (Å²) in [4.78, 5) is 35.8. The zero-order chi connectivity index (χ0) is 14.8. The van der Waals surface area contributed by atoms with Crippen LogP contribution in [0.4, 0.5) is 4.79 Å². The van der Waals surface area contributed by atoms with Crippen molar-refractivity contribution in [3.63, 3.8) is 0 Å². The molecule has 1 fully saturated rings. The van der Waals surface area contributed by atoms with Gasteiger partial charge in [0.15, 0.2) is 0 Å². The lowest BCUT2D eigenvalue weighted by atomic mass is 9.87. The molecule has 0 aliphatic carbocycles. The van der Waals surface area contributed by atoms with Crippen LogP contribution >= 0.6 is 0 Å². The third-order valence-corrected chi connectivity index (χ3v) is 3.22. The van der Waals surface area contributed by atoms with Crippen LogP contribution in [0, 0.1) is 5.41 Å². The second-order valence-corrected chi connectivity index (χ2v) is 5.84. The van der Waals surface area contributed by atoms with E-state index < -0.39 is 35.4 Å². The molecule has 1 aliphatic rings. The number of urea groups is 1. The number of hydrogen-bond donors (Lipinski definition) is 3. The predicted molar refractivity (Wildman–Crippen MR) is 68.3 cm³/mol. The summed E-state index contributed by atoms with van der Waals surface area (Å²) >= 11 is 0. The van der Waals surface area contributed by atoms with E-state index in [1.54, 1.807) is 20.8 Å². The highest BCUT2D eigenvalue weighted by molar-refractivity contribution is 5.88. The first-order valence-corrected chi connectivity index (χ1v) is 6.24. The van der Waals surface area contributed by atoms with Gasteiger partial charge < -0.3 is 21.1 Å². The molecule has 7 nitrogen and oxygen atoms in total. The average molecular weight is 271 g/mol. The lowest BCUT2D eigenvalue weighted by Crippen LogP contribution is -2.55. The molecule has 108 valence electrons. The molecule has 4 N–H and O–H groups in total. The Morgan fingerprint density at radius 2 is 1.95 bits per heavy atom. The molecular weight excluding hydrogens is 250 g/mol. The van der Waals surface area contributed by atoms with Gasteiger partial charge in [0.2, 0.25) is 5.91 Å². The zero-order valence-corrected chi connectivity index (χ0v) is 11.5. The minimum Gasteiger partial charge on any atom is -0.480 e. The molecule has 1 rings (SSSR count). The molecule has 0 spiro atoms. The summed E-state index contributed by atoms with van der Waals surface area (Å²) in [5.74, 6) is -1.66. The maximum absolute atomic E-state index is 12.1. The molecule has 0 aromatic heterocycles. The van der Waals surface area contributed by atoms with Crippen LogP contribution in [0.3, 0.4) is 0 Å². The molecular formula is C12H21N3O4. The van der Waals surface area contributed by atoms with Gasteiger partial charge in [-0.1, -0.05) is 20.8 Å². The van der Waals surface area contributed by atoms with E-state index in [0.717, 1.165) is 0 Å². The van der Waals surface area contributed by atoms with Crippen molar-refractivity contribution in [3.05, 3.63) is 0 Å². The summed E-state index contributed by atoms with van der Waals surface area (Å²) in [7, 11) is 0. The van der Waals surface area contributed by atoms with Crippen LogP contribution in [-0.2, 0) is 9.59 Å². The van der Waals surface area contributed by atoms with E-state index in [4.69, 9.17) is 10.8 Å². The van der Waals surface area contributed by atoms with Gasteiger partial charge in [0, 0.05) is 6.54 Å². The van der Waals surface area contributed by atoms with Crippen LogP contribution in [0.2, 0.25) is 0 Å². The Bertz CT molecular complexity index is 389. The fraction of sp³-hybridized carbons (Fsp3) is 0.750. The summed E-state index contributed by atoms with van der Waals surface area (Å²) < 4.78 is 0. The molecule has 0 radical (unpaired) electrons. The number of carbonyl (C=O) groups excluding carboxylic acids is 2. The van der Waals surface area contributed by atoms with Crippen molar-refractivity contribution in [1.82, 2.24) is 10.2 Å². The van der Waals surface area contributed by atoms with Crippen LogP contribution in [-0.4, -0.2) is 46.5 Å². The Labute approximate surface area is 112 Å². The maximum atomic E-state index is 12.1. The number of nitrogens with two attached hydrogens (primary N) is 1. The van der Waals surface area contributed by atoms with E-state index in [9.17, 15) is 14.4 Å². The van der Waals surface area contributed by atoms with Crippen LogP contribution in [0.5, 0.6) is 0 Å². The van der Waals surface area contributed by atoms with Gasteiger partial charge in [-0.05, 0) is 18.3 Å². The number of primary amides is 1. The molecule has 0 bridgehead atoms. The molecule has 3 amide bonds. The SMILES string of the molecule is CC(C)(C)[C@@H](NC(=O)N1CCCC1C(N)=O)C(=O)O. The van der Waals surface area contributed by atoms with Gasteiger partial charge in [-0.25, -0.2) is 9.59 Å². The normalized spacial score (nSPS) is 21.0. The average Bonchev–Trinajstić information content (AvgIpc) is 2.72. The Kier molecular flexibility index (Phi) is 4.39. The van der Waals surface area contributed by atoms with E-state index in [1.807, 2.05) is 0 Å². The second kappa shape index (κ2) is 5.46. The monoisotopic (exact) mass is 271 g/mol. The van der Waals surface area contributed by atoms with Crippen LogP contribution in [0.15, 0.2) is 0 Å². The molecule has 0 aromatic carbocycles. The number of carboxylic acid groups (broad SMARTS) is 1. The first-order valence-electron chi connectivity index (χ1n) is 6.24. The molecule has 19 heavy (non-hydrogen) atoms. The van der Waals surface area contributed by atoms with E-state index >= 15 is 0 Å². The van der Waals surface area contributed by atoms with Gasteiger partial charge in [-0.15, -0.1) is 0 Å². The van der Waals surface area contributed by atoms with Crippen molar-refractivity contribution in [2.45, 2.75) is 45.7 Å². The number of aliphatic carboxylic acids is 1. The number of carbonyl (C=O) groups is 3. The van der Waals surface area contributed by atoms with Crippen molar-refractivity contribution < 1.29 is 19.5 Å². The summed E-state index contributed by atoms with van der Waals surface area (Å²) in [6, 6.07) is -2.22. The van der Waals surface area contributed by atoms with Crippen molar-refractivity contribution >= 4 is 17.9 Å². The number of likely N-dealkylation sites (tertiary alicyclic amines) is 1. The number of nitrogens with zero attached hydrogens (tertiary/aromatic N) is 1. The summed E-state index contributed by atoms with van der Waals surface area (Å²) in [5, 5.41) is 11.6. The highest BCUT2D eigenvalue weighted by atomic mass is 16.4. The molecule has 2 atom stereocenters. The number of nitrogens with one attached hydrogen (secondary N) is 1. The molecule has 0 aromatic rings. The highest BCUT2D eigenvalue weighted by Crippen LogP contribution is 2.21. The summed E-state index contributed by atoms with van der Waals surface area (Å²) in [6.07, 6.45) is 1.21. The Morgan fingerprint density at radius 3 is 2.37 bits per heavy atom. The maximum Gasteiger partial charge on any atom is 0.326 e. The lowest BCUT2D eigenvalue weighted by Gasteiger charge is -2.31. The standard InChI is InChI=1S/C12H21N3O4/c1-12(2,3)8(10(17)18)14-11(19)15-6-4-5-7(15)9(13)16/h7-8H,4-6H2,1-3H3,(H2,13,16)(H,14,19)(H,17,18)/t7?,8-/m0/s1. The van der Waals surface area contributed by atoms with E-state index in [1.165, 1.54) is 4.90 Å². The fourth-order valence-electron chi connectivity index (χ4n) is 2.16. The molecule has 7 heteroatoms. The van der Waals surface area contributed by atoms with Crippen molar-refractivity contribution in [1.29, 1.82) is 0 Å². The predicted octanol–water partition coefficient (Wildman–Crippen LogP) is 0.145. The third-order valence-electron chi connectivity index (χ3n) is 3.22. The Balaban J connectivity index is 2.78. The van der Waals surface area contributed by atoms with Crippen molar-refractivity contribution in [2.75, 3.05) is 6.54 Å². The van der Waals surface area contributed by atoms with Gasteiger partial charge >= 0.3 is 12.0 Å². The van der Waals surface area contributed by atoms with Crippen LogP contribution in [0.25, 0.3) is 0 Å². The second-order valence-electron chi connectivity index (χ2n) is 5.84. The van der Waals surface area contributed by atoms with Gasteiger partial charge in [-0.2, -0.15) is 0 Å². The van der Waals surface area contributed by atoms with E-state index in [2.05, 4.69) is 5.32 Å².